The van der Waals surface area contributed by atoms with Crippen molar-refractivity contribution in [2.45, 2.75) is 39.2 Å². The summed E-state index contributed by atoms with van der Waals surface area (Å²) in [4.78, 5) is 0. The molecule has 0 spiro atoms. The maximum absolute atomic E-state index is 10.2. The number of nitrogens with one attached hydrogen (secondary N) is 2. The predicted molar refractivity (Wildman–Crippen MR) is 92.7 cm³/mol. The van der Waals surface area contributed by atoms with Gasteiger partial charge in [-0.2, -0.15) is 0 Å². The fourth-order valence-electron chi connectivity index (χ4n) is 3.16. The largest absolute Gasteiger partial charge is 0.507 e. The maximum atomic E-state index is 10.2. The summed E-state index contributed by atoms with van der Waals surface area (Å²) in [5.74, 6) is 1.02. The van der Waals surface area contributed by atoms with Gasteiger partial charge >= 0.3 is 0 Å². The van der Waals surface area contributed by atoms with Crippen LogP contribution in [-0.4, -0.2) is 34.4 Å². The molecule has 0 saturated carbocycles. The molecule has 1 atom stereocenters. The van der Waals surface area contributed by atoms with Gasteiger partial charge in [0.1, 0.15) is 11.6 Å². The van der Waals surface area contributed by atoms with E-state index < -0.39 is 0 Å². The highest BCUT2D eigenvalue weighted by Gasteiger charge is 2.13. The van der Waals surface area contributed by atoms with Crippen LogP contribution in [0.2, 0.25) is 0 Å². The lowest BCUT2D eigenvalue weighted by Crippen LogP contribution is -2.39. The van der Waals surface area contributed by atoms with Crippen LogP contribution in [0.5, 0.6) is 5.75 Å². The SMILES string of the molecule is Cc1cc(C)c(-c2ccc(NC[C@@H]3CCCCN3)nn2)c(O)c1. The zero-order chi connectivity index (χ0) is 16.2. The van der Waals surface area contributed by atoms with E-state index in [1.54, 1.807) is 6.07 Å². The molecule has 122 valence electrons. The number of aromatic hydroxyl groups is 1. The zero-order valence-electron chi connectivity index (χ0n) is 13.8. The van der Waals surface area contributed by atoms with Gasteiger partial charge in [-0.25, -0.2) is 0 Å². The van der Waals surface area contributed by atoms with Crippen molar-refractivity contribution in [2.24, 2.45) is 0 Å². The van der Waals surface area contributed by atoms with Crippen LogP contribution >= 0.6 is 0 Å². The lowest BCUT2D eigenvalue weighted by Gasteiger charge is -2.23. The molecule has 1 aliphatic heterocycles. The Morgan fingerprint density at radius 2 is 2.09 bits per heavy atom. The van der Waals surface area contributed by atoms with E-state index in [2.05, 4.69) is 20.8 Å². The summed E-state index contributed by atoms with van der Waals surface area (Å²) in [5.41, 5.74) is 3.49. The number of phenolic OH excluding ortho intramolecular Hbond substituents is 1. The van der Waals surface area contributed by atoms with Crippen molar-refractivity contribution >= 4 is 5.82 Å². The third-order valence-electron chi connectivity index (χ3n) is 4.32. The Kier molecular flexibility index (Phi) is 4.76. The van der Waals surface area contributed by atoms with Gasteiger partial charge in [0, 0.05) is 18.2 Å². The summed E-state index contributed by atoms with van der Waals surface area (Å²) in [6.07, 6.45) is 3.76. The third kappa shape index (κ3) is 3.79. The Balaban J connectivity index is 1.69. The Labute approximate surface area is 137 Å². The number of benzene rings is 1. The number of anilines is 1. The van der Waals surface area contributed by atoms with Crippen LogP contribution in [0.15, 0.2) is 24.3 Å². The standard InChI is InChI=1S/C18H24N4O/c1-12-9-13(2)18(16(23)10-12)15-6-7-17(22-21-15)20-11-14-5-3-4-8-19-14/h6-7,9-10,14,19,23H,3-5,8,11H2,1-2H3,(H,20,22)/t14-/m0/s1. The van der Waals surface area contributed by atoms with Gasteiger partial charge < -0.3 is 15.7 Å². The monoisotopic (exact) mass is 312 g/mol. The van der Waals surface area contributed by atoms with Crippen molar-refractivity contribution in [2.75, 3.05) is 18.4 Å². The van der Waals surface area contributed by atoms with Crippen LogP contribution in [0.25, 0.3) is 11.3 Å². The molecule has 2 aromatic rings. The molecule has 0 radical (unpaired) electrons. The number of nitrogens with zero attached hydrogens (tertiary/aromatic N) is 2. The molecule has 5 heteroatoms. The average Bonchev–Trinajstić information content (AvgIpc) is 2.54. The molecule has 1 fully saturated rings. The fourth-order valence-corrected chi connectivity index (χ4v) is 3.16. The Bertz CT molecular complexity index is 640. The summed E-state index contributed by atoms with van der Waals surface area (Å²) < 4.78 is 0. The van der Waals surface area contributed by atoms with E-state index in [9.17, 15) is 5.11 Å². The average molecular weight is 312 g/mol. The normalized spacial score (nSPS) is 17.9. The number of hydrogen-bond acceptors (Lipinski definition) is 5. The molecule has 0 amide bonds. The highest BCUT2D eigenvalue weighted by atomic mass is 16.3. The molecule has 1 aromatic carbocycles. The lowest BCUT2D eigenvalue weighted by molar-refractivity contribution is 0.414. The second-order valence-electron chi connectivity index (χ2n) is 6.31. The van der Waals surface area contributed by atoms with Crippen LogP contribution in [0.3, 0.4) is 0 Å². The number of hydrogen-bond donors (Lipinski definition) is 3. The van der Waals surface area contributed by atoms with Crippen molar-refractivity contribution in [1.29, 1.82) is 0 Å². The second kappa shape index (κ2) is 6.96. The maximum Gasteiger partial charge on any atom is 0.148 e. The molecule has 1 aromatic heterocycles. The van der Waals surface area contributed by atoms with Gasteiger partial charge in [-0.3, -0.25) is 0 Å². The number of aromatic nitrogens is 2. The van der Waals surface area contributed by atoms with Gasteiger partial charge in [0.05, 0.1) is 5.69 Å². The summed E-state index contributed by atoms with van der Waals surface area (Å²) >= 11 is 0. The number of piperidine rings is 1. The first-order chi connectivity index (χ1) is 11.1. The summed E-state index contributed by atoms with van der Waals surface area (Å²) in [6.45, 7) is 5.91. The number of rotatable bonds is 4. The van der Waals surface area contributed by atoms with Crippen molar-refractivity contribution in [3.8, 4) is 17.0 Å². The lowest BCUT2D eigenvalue weighted by atomic mass is 10.0. The van der Waals surface area contributed by atoms with Crippen LogP contribution in [0, 0.1) is 13.8 Å². The molecule has 3 N–H and O–H groups in total. The van der Waals surface area contributed by atoms with Crippen LogP contribution in [0.4, 0.5) is 5.82 Å². The first kappa shape index (κ1) is 15.7. The topological polar surface area (TPSA) is 70.1 Å². The molecule has 5 nitrogen and oxygen atoms in total. The summed E-state index contributed by atoms with van der Waals surface area (Å²) in [7, 11) is 0. The second-order valence-corrected chi connectivity index (χ2v) is 6.31. The van der Waals surface area contributed by atoms with Gasteiger partial charge in [-0.1, -0.05) is 12.5 Å². The van der Waals surface area contributed by atoms with E-state index in [1.165, 1.54) is 19.3 Å². The van der Waals surface area contributed by atoms with E-state index in [4.69, 9.17) is 0 Å². The molecule has 1 saturated heterocycles. The van der Waals surface area contributed by atoms with E-state index in [0.29, 0.717) is 11.7 Å². The van der Waals surface area contributed by atoms with E-state index in [1.807, 2.05) is 32.0 Å². The fraction of sp³-hybridized carbons (Fsp3) is 0.444. The van der Waals surface area contributed by atoms with Gasteiger partial charge in [0.25, 0.3) is 0 Å². The summed E-state index contributed by atoms with van der Waals surface area (Å²) in [5, 5.41) is 25.5. The minimum absolute atomic E-state index is 0.254. The highest BCUT2D eigenvalue weighted by Crippen LogP contribution is 2.32. The van der Waals surface area contributed by atoms with Crippen LogP contribution < -0.4 is 10.6 Å². The smallest absolute Gasteiger partial charge is 0.148 e. The first-order valence-corrected chi connectivity index (χ1v) is 8.25. The van der Waals surface area contributed by atoms with Crippen LogP contribution in [0.1, 0.15) is 30.4 Å². The van der Waals surface area contributed by atoms with E-state index in [0.717, 1.165) is 35.6 Å². The van der Waals surface area contributed by atoms with Gasteiger partial charge in [-0.15, -0.1) is 10.2 Å². The van der Waals surface area contributed by atoms with E-state index >= 15 is 0 Å². The van der Waals surface area contributed by atoms with Crippen molar-refractivity contribution in [1.82, 2.24) is 15.5 Å². The molecule has 23 heavy (non-hydrogen) atoms. The summed E-state index contributed by atoms with van der Waals surface area (Å²) in [6, 6.07) is 8.13. The Morgan fingerprint density at radius 3 is 2.74 bits per heavy atom. The molecule has 0 bridgehead atoms. The zero-order valence-corrected chi connectivity index (χ0v) is 13.8. The molecule has 3 rings (SSSR count). The van der Waals surface area contributed by atoms with Crippen LogP contribution in [-0.2, 0) is 0 Å². The van der Waals surface area contributed by atoms with Crippen molar-refractivity contribution in [3.63, 3.8) is 0 Å². The molecule has 1 aliphatic rings. The Morgan fingerprint density at radius 1 is 1.22 bits per heavy atom. The first-order valence-electron chi connectivity index (χ1n) is 8.25. The van der Waals surface area contributed by atoms with E-state index in [-0.39, 0.29) is 5.75 Å². The number of aryl methyl sites for hydroxylation is 2. The highest BCUT2D eigenvalue weighted by molar-refractivity contribution is 5.71. The van der Waals surface area contributed by atoms with Crippen molar-refractivity contribution in [3.05, 3.63) is 35.4 Å². The van der Waals surface area contributed by atoms with Gasteiger partial charge in [0.2, 0.25) is 0 Å². The molecule has 2 heterocycles. The predicted octanol–water partition coefficient (Wildman–Crippen LogP) is 3.02. The van der Waals surface area contributed by atoms with Gasteiger partial charge in [0.15, 0.2) is 0 Å². The quantitative estimate of drug-likeness (QED) is 0.809. The molecular weight excluding hydrogens is 288 g/mol. The minimum Gasteiger partial charge on any atom is -0.507 e. The molecule has 0 aliphatic carbocycles. The Hall–Kier alpha value is -2.14. The molecular formula is C18H24N4O. The van der Waals surface area contributed by atoms with Crippen molar-refractivity contribution < 1.29 is 5.11 Å². The third-order valence-corrected chi connectivity index (χ3v) is 4.32. The number of phenols is 1. The van der Waals surface area contributed by atoms with Gasteiger partial charge in [-0.05, 0) is 62.6 Å². The minimum atomic E-state index is 0.254. The molecule has 0 unspecified atom stereocenters.